The molecule has 6 rings (SSSR count). The van der Waals surface area contributed by atoms with Gasteiger partial charge in [0.05, 0.1) is 13.2 Å². The van der Waals surface area contributed by atoms with Crippen LogP contribution in [0, 0.1) is 11.8 Å². The van der Waals surface area contributed by atoms with Gasteiger partial charge in [-0.2, -0.15) is 0 Å². The summed E-state index contributed by atoms with van der Waals surface area (Å²) in [7, 11) is 0. The van der Waals surface area contributed by atoms with Crippen molar-refractivity contribution in [1.82, 2.24) is 0 Å². The lowest BCUT2D eigenvalue weighted by Gasteiger charge is -2.18. The van der Waals surface area contributed by atoms with Crippen LogP contribution in [0.1, 0.15) is 332 Å². The van der Waals surface area contributed by atoms with Crippen molar-refractivity contribution >= 4 is 53.6 Å². The topological polar surface area (TPSA) is 18.5 Å². The molecule has 0 N–H and O–H groups in total. The van der Waals surface area contributed by atoms with Crippen molar-refractivity contribution in [3.05, 3.63) is 106 Å². The number of unbranched alkanes of at least 4 members (excludes halogenated alkanes) is 34. The minimum atomic E-state index is 0.680. The molecule has 6 aromatic rings. The average Bonchev–Trinajstić information content (AvgIpc) is 2.21. The van der Waals surface area contributed by atoms with Gasteiger partial charge < -0.3 is 9.47 Å². The van der Waals surface area contributed by atoms with E-state index in [0.717, 1.165) is 50.4 Å². The van der Waals surface area contributed by atoms with Gasteiger partial charge in [0.25, 0.3) is 0 Å². The van der Waals surface area contributed by atoms with Crippen LogP contribution >= 0.6 is 22.7 Å². The fourth-order valence-corrected chi connectivity index (χ4v) is 15.7. The normalized spacial score (nSPS) is 12.6. The first kappa shape index (κ1) is 71.7. The molecule has 0 saturated heterocycles. The van der Waals surface area contributed by atoms with Gasteiger partial charge in [0.15, 0.2) is 0 Å². The Kier molecular flexibility index (Phi) is 39.0. The van der Waals surface area contributed by atoms with Crippen LogP contribution in [0.25, 0.3) is 30.9 Å². The monoisotopic (exact) mass is 1210 g/mol. The molecular formula is C82H128O2S2. The molecule has 0 aliphatic heterocycles. The van der Waals surface area contributed by atoms with Crippen LogP contribution in [0.15, 0.2) is 83.6 Å². The summed E-state index contributed by atoms with van der Waals surface area (Å²) in [6.07, 6.45) is 65.1. The quantitative estimate of drug-likeness (QED) is 0.0354. The van der Waals surface area contributed by atoms with Crippen LogP contribution in [0.3, 0.4) is 0 Å². The van der Waals surface area contributed by atoms with Crippen molar-refractivity contribution in [2.24, 2.45) is 11.8 Å². The molecule has 0 fully saturated rings. The predicted octanol–water partition coefficient (Wildman–Crippen LogP) is 28.1. The first-order valence-electron chi connectivity index (χ1n) is 37.3. The number of hydrogen-bond acceptors (Lipinski definition) is 4. The lowest BCUT2D eigenvalue weighted by atomic mass is 9.94. The number of thiophene rings is 2. The number of aryl methyl sites for hydroxylation is 4. The molecule has 2 aromatic heterocycles. The second-order valence-electron chi connectivity index (χ2n) is 27.0. The molecule has 4 aromatic carbocycles. The third-order valence-electron chi connectivity index (χ3n) is 19.4. The molecule has 2 unspecified atom stereocenters. The van der Waals surface area contributed by atoms with E-state index in [4.69, 9.17) is 9.47 Å². The molecule has 86 heavy (non-hydrogen) atoms. The second-order valence-corrected chi connectivity index (χ2v) is 28.9. The van der Waals surface area contributed by atoms with Crippen molar-refractivity contribution < 1.29 is 9.47 Å². The summed E-state index contributed by atoms with van der Waals surface area (Å²) in [4.78, 5) is 0. The van der Waals surface area contributed by atoms with Crippen LogP contribution in [-0.4, -0.2) is 13.2 Å². The zero-order valence-corrected chi connectivity index (χ0v) is 57.9. The third-order valence-corrected chi connectivity index (χ3v) is 21.3. The van der Waals surface area contributed by atoms with Crippen molar-refractivity contribution in [2.75, 3.05) is 13.2 Å². The minimum Gasteiger partial charge on any atom is -0.493 e. The number of rotatable bonds is 56. The molecule has 0 saturated carbocycles. The fraction of sp³-hybridized carbons (Fsp3) is 0.683. The maximum Gasteiger partial charge on any atom is 0.119 e. The molecule has 2 heterocycles. The summed E-state index contributed by atoms with van der Waals surface area (Å²) >= 11 is 3.88. The van der Waals surface area contributed by atoms with E-state index in [9.17, 15) is 0 Å². The predicted molar refractivity (Wildman–Crippen MR) is 386 cm³/mol. The third kappa shape index (κ3) is 29.1. The molecule has 0 amide bonds. The SMILES string of the molecule is CCCCCCCCCCCCC(CCCCCCCCCC)COc1ccc(CCCCc2cc3c(cc(CCCCc4ccc(OCC(CCCCCCCCCC)CCCCCCCCCCCC)cc4)c4ccsc43)c3sccc23)cc1. The summed E-state index contributed by atoms with van der Waals surface area (Å²) in [6.45, 7) is 11.0. The smallest absolute Gasteiger partial charge is 0.119 e. The van der Waals surface area contributed by atoms with E-state index in [-0.39, 0.29) is 0 Å². The van der Waals surface area contributed by atoms with Gasteiger partial charge in [-0.05, 0) is 181 Å². The summed E-state index contributed by atoms with van der Waals surface area (Å²) in [5.41, 5.74) is 5.92. The van der Waals surface area contributed by atoms with Gasteiger partial charge in [-0.25, -0.2) is 0 Å². The molecule has 2 atom stereocenters. The summed E-state index contributed by atoms with van der Waals surface area (Å²) in [5.74, 6) is 3.47. The molecule has 0 bridgehead atoms. The second kappa shape index (κ2) is 46.7. The zero-order valence-electron chi connectivity index (χ0n) is 56.2. The number of ether oxygens (including phenoxy) is 2. The van der Waals surface area contributed by atoms with E-state index in [0.29, 0.717) is 11.8 Å². The Morgan fingerprint density at radius 2 is 0.547 bits per heavy atom. The first-order chi connectivity index (χ1) is 42.6. The van der Waals surface area contributed by atoms with Crippen LogP contribution < -0.4 is 9.47 Å². The van der Waals surface area contributed by atoms with Gasteiger partial charge in [-0.1, -0.05) is 283 Å². The molecule has 0 aliphatic rings. The Balaban J connectivity index is 0.921. The van der Waals surface area contributed by atoms with Crippen molar-refractivity contribution in [3.8, 4) is 11.5 Å². The van der Waals surface area contributed by atoms with Gasteiger partial charge in [0.1, 0.15) is 11.5 Å². The highest BCUT2D eigenvalue weighted by molar-refractivity contribution is 7.19. The average molecular weight is 1210 g/mol. The van der Waals surface area contributed by atoms with E-state index >= 15 is 0 Å². The Morgan fingerprint density at radius 3 is 0.837 bits per heavy atom. The molecule has 0 aliphatic carbocycles. The maximum absolute atomic E-state index is 6.57. The van der Waals surface area contributed by atoms with E-state index in [1.165, 1.54) is 336 Å². The Hall–Kier alpha value is -3.34. The first-order valence-corrected chi connectivity index (χ1v) is 39.1. The lowest BCUT2D eigenvalue weighted by molar-refractivity contribution is 0.224. The fourth-order valence-electron chi connectivity index (χ4n) is 13.8. The molecule has 0 radical (unpaired) electrons. The summed E-state index contributed by atoms with van der Waals surface area (Å²) in [6, 6.07) is 28.3. The summed E-state index contributed by atoms with van der Waals surface area (Å²) in [5, 5.41) is 10.5. The molecular weight excluding hydrogens is 1080 g/mol. The highest BCUT2D eigenvalue weighted by atomic mass is 32.1. The minimum absolute atomic E-state index is 0.680. The van der Waals surface area contributed by atoms with Crippen LogP contribution in [0.5, 0.6) is 11.5 Å². The maximum atomic E-state index is 6.57. The number of fused-ring (bicyclic) bond motifs is 5. The Morgan fingerprint density at radius 1 is 0.279 bits per heavy atom. The Bertz CT molecular complexity index is 2370. The van der Waals surface area contributed by atoms with Crippen LogP contribution in [0.2, 0.25) is 0 Å². The van der Waals surface area contributed by atoms with Gasteiger partial charge in [0, 0.05) is 20.2 Å². The standard InChI is InChI=1S/C82H128O2S2/c1-5-9-13-17-21-25-27-31-35-39-49-71(47-37-33-29-23-19-15-11-7-3)67-83-75-57-53-69(54-58-75)45-41-43-51-73-65-79-80(81-77(73)61-63-85-81)66-74(78-62-64-86-82(78)79)52-44-42-46-70-55-59-76(60-56-70)84-68-72(48-38-34-30-24-20-16-12-8-4)50-40-36-32-28-26-22-18-14-10-6-2/h53-66,71-72H,5-52,67-68H2,1-4H3. The van der Waals surface area contributed by atoms with Gasteiger partial charge in [-0.3, -0.25) is 0 Å². The number of hydrogen-bond donors (Lipinski definition) is 0. The van der Waals surface area contributed by atoms with Crippen LogP contribution in [0.4, 0.5) is 0 Å². The van der Waals surface area contributed by atoms with Gasteiger partial charge in [0.2, 0.25) is 0 Å². The zero-order chi connectivity index (χ0) is 60.2. The summed E-state index contributed by atoms with van der Waals surface area (Å²) < 4.78 is 16.1. The molecule has 2 nitrogen and oxygen atoms in total. The van der Waals surface area contributed by atoms with Gasteiger partial charge in [-0.15, -0.1) is 22.7 Å². The molecule has 0 spiro atoms. The van der Waals surface area contributed by atoms with E-state index < -0.39 is 0 Å². The van der Waals surface area contributed by atoms with Crippen molar-refractivity contribution in [3.63, 3.8) is 0 Å². The van der Waals surface area contributed by atoms with Gasteiger partial charge >= 0.3 is 0 Å². The Labute approximate surface area is 538 Å². The van der Waals surface area contributed by atoms with E-state index in [2.05, 4.69) is 111 Å². The van der Waals surface area contributed by atoms with Crippen LogP contribution in [-0.2, 0) is 25.7 Å². The largest absolute Gasteiger partial charge is 0.493 e. The van der Waals surface area contributed by atoms with E-state index in [1.807, 2.05) is 22.7 Å². The lowest BCUT2D eigenvalue weighted by Crippen LogP contribution is -2.12. The molecule has 4 heteroatoms. The van der Waals surface area contributed by atoms with E-state index in [1.54, 1.807) is 0 Å². The highest BCUT2D eigenvalue weighted by Crippen LogP contribution is 2.41. The highest BCUT2D eigenvalue weighted by Gasteiger charge is 2.16. The molecule has 480 valence electrons. The van der Waals surface area contributed by atoms with Crippen molar-refractivity contribution in [2.45, 2.75) is 336 Å². The van der Waals surface area contributed by atoms with Crippen molar-refractivity contribution in [1.29, 1.82) is 0 Å². The number of benzene rings is 4.